The van der Waals surface area contributed by atoms with Gasteiger partial charge in [0.15, 0.2) is 0 Å². The van der Waals surface area contributed by atoms with Crippen LogP contribution in [0, 0.1) is 5.41 Å². The number of carbonyl (C=O) groups excluding carboxylic acids is 3. The molecule has 0 saturated heterocycles. The van der Waals surface area contributed by atoms with Crippen molar-refractivity contribution in [3.63, 3.8) is 0 Å². The predicted molar refractivity (Wildman–Crippen MR) is 106 cm³/mol. The lowest BCUT2D eigenvalue weighted by Crippen LogP contribution is -2.39. The molecule has 0 aliphatic carbocycles. The molecule has 7 heteroatoms. The highest BCUT2D eigenvalue weighted by atomic mass is 16.5. The van der Waals surface area contributed by atoms with Crippen molar-refractivity contribution in [3.8, 4) is 5.75 Å². The summed E-state index contributed by atoms with van der Waals surface area (Å²) in [5.74, 6) is 0.233. The molecule has 0 spiro atoms. The molecule has 0 aliphatic rings. The Morgan fingerprint density at radius 1 is 1.19 bits per heavy atom. The number of nitrogens with zero attached hydrogens (tertiary/aromatic N) is 1. The number of carbonyl (C=O) groups is 3. The fourth-order valence-corrected chi connectivity index (χ4v) is 2.32. The van der Waals surface area contributed by atoms with Crippen molar-refractivity contribution in [2.75, 3.05) is 32.1 Å². The van der Waals surface area contributed by atoms with E-state index in [2.05, 4.69) is 10.6 Å². The zero-order valence-corrected chi connectivity index (χ0v) is 16.9. The van der Waals surface area contributed by atoms with Crippen molar-refractivity contribution in [1.29, 1.82) is 0 Å². The van der Waals surface area contributed by atoms with E-state index in [9.17, 15) is 14.4 Å². The summed E-state index contributed by atoms with van der Waals surface area (Å²) in [6.45, 7) is 8.22. The summed E-state index contributed by atoms with van der Waals surface area (Å²) in [4.78, 5) is 37.8. The van der Waals surface area contributed by atoms with Gasteiger partial charge in [0, 0.05) is 36.7 Å². The molecule has 3 amide bonds. The number of hydrogen-bond acceptors (Lipinski definition) is 4. The molecular weight excluding hydrogens is 346 g/mol. The van der Waals surface area contributed by atoms with Gasteiger partial charge in [0.2, 0.25) is 17.7 Å². The summed E-state index contributed by atoms with van der Waals surface area (Å²) in [6, 6.07) is 7.05. The second-order valence-corrected chi connectivity index (χ2v) is 7.30. The van der Waals surface area contributed by atoms with Gasteiger partial charge in [-0.15, -0.1) is 0 Å². The van der Waals surface area contributed by atoms with Crippen LogP contribution in [0.15, 0.2) is 24.3 Å². The average molecular weight is 377 g/mol. The molecule has 7 nitrogen and oxygen atoms in total. The predicted octanol–water partition coefficient (Wildman–Crippen LogP) is 2.42. The quantitative estimate of drug-likeness (QED) is 0.647. The lowest BCUT2D eigenvalue weighted by atomic mass is 9.96. The molecule has 0 saturated carbocycles. The highest BCUT2D eigenvalue weighted by molar-refractivity contribution is 5.94. The van der Waals surface area contributed by atoms with Crippen molar-refractivity contribution in [1.82, 2.24) is 10.2 Å². The van der Waals surface area contributed by atoms with E-state index in [1.165, 1.54) is 4.90 Å². The largest absolute Gasteiger partial charge is 0.497 e. The van der Waals surface area contributed by atoms with Gasteiger partial charge in [-0.25, -0.2) is 0 Å². The average Bonchev–Trinajstić information content (AvgIpc) is 2.62. The third-order valence-electron chi connectivity index (χ3n) is 3.96. The Labute approximate surface area is 161 Å². The second-order valence-electron chi connectivity index (χ2n) is 7.30. The van der Waals surface area contributed by atoms with Gasteiger partial charge in [-0.3, -0.25) is 14.4 Å². The number of anilines is 1. The molecule has 1 aromatic rings. The number of rotatable bonds is 9. The third-order valence-corrected chi connectivity index (χ3v) is 3.96. The van der Waals surface area contributed by atoms with Gasteiger partial charge in [-0.05, 0) is 25.5 Å². The van der Waals surface area contributed by atoms with E-state index >= 15 is 0 Å². The first kappa shape index (κ1) is 22.5. The zero-order chi connectivity index (χ0) is 20.4. The van der Waals surface area contributed by atoms with Crippen LogP contribution in [0.25, 0.3) is 0 Å². The second kappa shape index (κ2) is 10.5. The van der Waals surface area contributed by atoms with Crippen molar-refractivity contribution in [3.05, 3.63) is 24.3 Å². The molecule has 0 aliphatic heterocycles. The van der Waals surface area contributed by atoms with Gasteiger partial charge < -0.3 is 20.3 Å². The molecular formula is C20H31N3O4. The van der Waals surface area contributed by atoms with E-state index < -0.39 is 5.41 Å². The Morgan fingerprint density at radius 3 is 2.48 bits per heavy atom. The van der Waals surface area contributed by atoms with Crippen LogP contribution in [0.4, 0.5) is 5.69 Å². The van der Waals surface area contributed by atoms with Crippen molar-refractivity contribution in [2.24, 2.45) is 5.41 Å². The van der Waals surface area contributed by atoms with Crippen LogP contribution < -0.4 is 15.4 Å². The summed E-state index contributed by atoms with van der Waals surface area (Å²) in [6.07, 6.45) is 0.819. The highest BCUT2D eigenvalue weighted by Crippen LogP contribution is 2.16. The minimum absolute atomic E-state index is 0.0130. The van der Waals surface area contributed by atoms with Gasteiger partial charge in [0.05, 0.1) is 13.7 Å². The number of benzene rings is 1. The fourth-order valence-electron chi connectivity index (χ4n) is 2.32. The van der Waals surface area contributed by atoms with E-state index in [0.717, 1.165) is 0 Å². The summed E-state index contributed by atoms with van der Waals surface area (Å²) in [7, 11) is 1.56. The molecule has 0 aromatic heterocycles. The van der Waals surface area contributed by atoms with E-state index in [4.69, 9.17) is 4.74 Å². The molecule has 0 atom stereocenters. The number of amides is 3. The van der Waals surface area contributed by atoms with Crippen molar-refractivity contribution >= 4 is 23.4 Å². The molecule has 0 fully saturated rings. The third kappa shape index (κ3) is 8.11. The molecule has 150 valence electrons. The van der Waals surface area contributed by atoms with Gasteiger partial charge >= 0.3 is 0 Å². The number of hydrogen-bond donors (Lipinski definition) is 2. The summed E-state index contributed by atoms with van der Waals surface area (Å²) >= 11 is 0. The lowest BCUT2D eigenvalue weighted by Gasteiger charge is -2.21. The topological polar surface area (TPSA) is 87.7 Å². The van der Waals surface area contributed by atoms with E-state index in [1.54, 1.807) is 31.4 Å². The van der Waals surface area contributed by atoms with Crippen molar-refractivity contribution in [2.45, 2.75) is 40.5 Å². The molecule has 0 bridgehead atoms. The van der Waals surface area contributed by atoms with E-state index in [1.807, 2.05) is 27.7 Å². The lowest BCUT2D eigenvalue weighted by molar-refractivity contribution is -0.134. The van der Waals surface area contributed by atoms with Gasteiger partial charge in [-0.1, -0.05) is 26.8 Å². The van der Waals surface area contributed by atoms with Crippen LogP contribution >= 0.6 is 0 Å². The molecule has 27 heavy (non-hydrogen) atoms. The van der Waals surface area contributed by atoms with Crippen LogP contribution in [0.5, 0.6) is 5.75 Å². The maximum Gasteiger partial charge on any atom is 0.243 e. The summed E-state index contributed by atoms with van der Waals surface area (Å²) in [5.41, 5.74) is 0.172. The van der Waals surface area contributed by atoms with Crippen LogP contribution in [-0.4, -0.2) is 49.4 Å². The minimum atomic E-state index is -0.447. The maximum absolute atomic E-state index is 12.3. The monoisotopic (exact) mass is 377 g/mol. The molecule has 1 rings (SSSR count). The zero-order valence-electron chi connectivity index (χ0n) is 16.9. The van der Waals surface area contributed by atoms with Crippen LogP contribution in [0.2, 0.25) is 0 Å². The molecule has 1 aromatic carbocycles. The molecule has 0 radical (unpaired) electrons. The molecule has 0 heterocycles. The van der Waals surface area contributed by atoms with Crippen LogP contribution in [0.1, 0.15) is 40.5 Å². The number of ether oxygens (including phenoxy) is 1. The van der Waals surface area contributed by atoms with Crippen LogP contribution in [0.3, 0.4) is 0 Å². The number of likely N-dealkylation sites (N-methyl/N-ethyl adjacent to an activating group) is 1. The normalized spacial score (nSPS) is 10.9. The Hall–Kier alpha value is -2.57. The standard InChI is InChI=1S/C20H31N3O4/c1-6-23(18(25)11-8-12-21-19(26)20(2,3)4)14-17(24)22-15-9-7-10-16(13-15)27-5/h7,9-10,13H,6,8,11-12,14H2,1-5H3,(H,21,26)(H,22,24). The first-order valence-electron chi connectivity index (χ1n) is 9.17. The van der Waals surface area contributed by atoms with Crippen molar-refractivity contribution < 1.29 is 19.1 Å². The Balaban J connectivity index is 2.43. The smallest absolute Gasteiger partial charge is 0.243 e. The van der Waals surface area contributed by atoms with E-state index in [0.29, 0.717) is 30.9 Å². The first-order chi connectivity index (χ1) is 12.7. The van der Waals surface area contributed by atoms with Gasteiger partial charge in [0.25, 0.3) is 0 Å². The summed E-state index contributed by atoms with van der Waals surface area (Å²) < 4.78 is 5.12. The minimum Gasteiger partial charge on any atom is -0.497 e. The summed E-state index contributed by atoms with van der Waals surface area (Å²) in [5, 5.41) is 5.58. The van der Waals surface area contributed by atoms with Crippen LogP contribution in [-0.2, 0) is 14.4 Å². The Morgan fingerprint density at radius 2 is 1.89 bits per heavy atom. The molecule has 2 N–H and O–H groups in total. The Bertz CT molecular complexity index is 653. The van der Waals surface area contributed by atoms with E-state index in [-0.39, 0.29) is 30.7 Å². The Kier molecular flexibility index (Phi) is 8.78. The molecule has 0 unspecified atom stereocenters. The SMILES string of the molecule is CCN(CC(=O)Nc1cccc(OC)c1)C(=O)CCCNC(=O)C(C)(C)C. The highest BCUT2D eigenvalue weighted by Gasteiger charge is 2.21. The first-order valence-corrected chi connectivity index (χ1v) is 9.17. The fraction of sp³-hybridized carbons (Fsp3) is 0.550. The number of methoxy groups -OCH3 is 1. The number of nitrogens with one attached hydrogen (secondary N) is 2. The van der Waals surface area contributed by atoms with Gasteiger partial charge in [-0.2, -0.15) is 0 Å². The maximum atomic E-state index is 12.3. The van der Waals surface area contributed by atoms with Gasteiger partial charge in [0.1, 0.15) is 5.75 Å².